The maximum Gasteiger partial charge on any atom is 0.264 e. The molecule has 0 aliphatic carbocycles. The number of amidine groups is 1. The number of amides is 1. The predicted octanol–water partition coefficient (Wildman–Crippen LogP) is 6.90. The summed E-state index contributed by atoms with van der Waals surface area (Å²) in [5, 5.41) is 4.05. The average Bonchev–Trinajstić information content (AvgIpc) is 3.19. The highest BCUT2D eigenvalue weighted by molar-refractivity contribution is 14.1. The lowest BCUT2D eigenvalue weighted by atomic mass is 10.2. The minimum absolute atomic E-state index is 0.184. The van der Waals surface area contributed by atoms with Crippen LogP contribution in [-0.2, 0) is 4.79 Å². The molecule has 30 heavy (non-hydrogen) atoms. The topological polar surface area (TPSA) is 46.4 Å². The summed E-state index contributed by atoms with van der Waals surface area (Å²) in [5.74, 6) is -0.184. The zero-order valence-corrected chi connectivity index (χ0v) is 20.5. The first-order valence-electron chi connectivity index (χ1n) is 9.02. The van der Waals surface area contributed by atoms with Crippen LogP contribution in [-0.4, -0.2) is 15.6 Å². The number of aryl methyl sites for hydroxylation is 1. The molecule has 1 amide bonds. The molecule has 0 bridgehead atoms. The van der Waals surface area contributed by atoms with Gasteiger partial charge >= 0.3 is 0 Å². The van der Waals surface area contributed by atoms with Crippen molar-refractivity contribution < 1.29 is 4.79 Å². The third kappa shape index (κ3) is 4.32. The molecular formula is C22H16Cl2IN3OS. The van der Waals surface area contributed by atoms with Gasteiger partial charge in [0.2, 0.25) is 0 Å². The Balaban J connectivity index is 1.65. The van der Waals surface area contributed by atoms with Crippen molar-refractivity contribution in [3.05, 3.63) is 84.0 Å². The van der Waals surface area contributed by atoms with Gasteiger partial charge in [-0.25, -0.2) is 4.99 Å². The summed E-state index contributed by atoms with van der Waals surface area (Å²) in [5.41, 5.74) is 4.77. The zero-order valence-electron chi connectivity index (χ0n) is 16.0. The van der Waals surface area contributed by atoms with Crippen molar-refractivity contribution in [1.82, 2.24) is 9.88 Å². The van der Waals surface area contributed by atoms with Gasteiger partial charge in [0.25, 0.3) is 5.91 Å². The van der Waals surface area contributed by atoms with Crippen LogP contribution in [0.4, 0.5) is 5.69 Å². The highest BCUT2D eigenvalue weighted by Crippen LogP contribution is 2.35. The Hall–Kier alpha value is -1.74. The molecule has 0 spiro atoms. The molecule has 152 valence electrons. The van der Waals surface area contributed by atoms with Crippen molar-refractivity contribution in [2.75, 3.05) is 0 Å². The van der Waals surface area contributed by atoms with Gasteiger partial charge in [-0.15, -0.1) is 0 Å². The second-order valence-corrected chi connectivity index (χ2v) is 9.75. The Morgan fingerprint density at radius 3 is 2.60 bits per heavy atom. The summed E-state index contributed by atoms with van der Waals surface area (Å²) >= 11 is 15.8. The fraction of sp³-hybridized carbons (Fsp3) is 0.0909. The second-order valence-electron chi connectivity index (χ2n) is 6.69. The number of carbonyl (C=O) groups excluding carboxylic acids is 1. The molecule has 0 atom stereocenters. The second kappa shape index (κ2) is 8.78. The van der Waals surface area contributed by atoms with Crippen LogP contribution in [0.2, 0.25) is 10.0 Å². The van der Waals surface area contributed by atoms with Crippen LogP contribution in [0, 0.1) is 17.4 Å². The molecule has 1 aromatic heterocycles. The molecular weight excluding hydrogens is 552 g/mol. The van der Waals surface area contributed by atoms with E-state index in [1.54, 1.807) is 18.2 Å². The van der Waals surface area contributed by atoms with Crippen molar-refractivity contribution in [1.29, 1.82) is 0 Å². The van der Waals surface area contributed by atoms with Crippen LogP contribution >= 0.6 is 57.6 Å². The number of carbonyl (C=O) groups is 1. The average molecular weight is 568 g/mol. The number of nitrogens with zero attached hydrogens (tertiary/aromatic N) is 2. The van der Waals surface area contributed by atoms with E-state index < -0.39 is 0 Å². The van der Waals surface area contributed by atoms with Gasteiger partial charge in [-0.3, -0.25) is 4.79 Å². The van der Waals surface area contributed by atoms with E-state index in [2.05, 4.69) is 81.6 Å². The highest BCUT2D eigenvalue weighted by Gasteiger charge is 2.25. The monoisotopic (exact) mass is 567 g/mol. The molecule has 4 rings (SSSR count). The molecule has 1 fully saturated rings. The number of halogens is 3. The number of hydrogen-bond donors (Lipinski definition) is 1. The minimum Gasteiger partial charge on any atom is -0.318 e. The third-order valence-electron chi connectivity index (χ3n) is 4.65. The van der Waals surface area contributed by atoms with Gasteiger partial charge in [-0.1, -0.05) is 29.3 Å². The van der Waals surface area contributed by atoms with E-state index >= 15 is 0 Å². The van der Waals surface area contributed by atoms with E-state index in [0.29, 0.717) is 25.8 Å². The van der Waals surface area contributed by atoms with Crippen molar-refractivity contribution >= 4 is 80.4 Å². The number of hydrogen-bond acceptors (Lipinski definition) is 3. The van der Waals surface area contributed by atoms with Crippen LogP contribution in [0.3, 0.4) is 0 Å². The van der Waals surface area contributed by atoms with E-state index in [9.17, 15) is 4.79 Å². The quantitative estimate of drug-likeness (QED) is 0.276. The first kappa shape index (κ1) is 21.5. The summed E-state index contributed by atoms with van der Waals surface area (Å²) in [6.07, 6.45) is 1.90. The van der Waals surface area contributed by atoms with Gasteiger partial charge in [0, 0.05) is 20.6 Å². The van der Waals surface area contributed by atoms with Gasteiger partial charge in [0.15, 0.2) is 5.17 Å². The van der Waals surface area contributed by atoms with Gasteiger partial charge in [0.05, 0.1) is 20.6 Å². The lowest BCUT2D eigenvalue weighted by molar-refractivity contribution is -0.115. The lowest BCUT2D eigenvalue weighted by Crippen LogP contribution is -2.19. The fourth-order valence-electron chi connectivity index (χ4n) is 3.23. The molecule has 0 unspecified atom stereocenters. The highest BCUT2D eigenvalue weighted by atomic mass is 127. The molecule has 1 aliphatic rings. The summed E-state index contributed by atoms with van der Waals surface area (Å²) < 4.78 is 3.37. The summed E-state index contributed by atoms with van der Waals surface area (Å²) in [6, 6.07) is 15.6. The molecule has 2 heterocycles. The molecule has 1 N–H and O–H groups in total. The first-order chi connectivity index (χ1) is 14.3. The Morgan fingerprint density at radius 2 is 1.87 bits per heavy atom. The largest absolute Gasteiger partial charge is 0.318 e. The van der Waals surface area contributed by atoms with Crippen molar-refractivity contribution in [2.45, 2.75) is 13.8 Å². The van der Waals surface area contributed by atoms with Crippen LogP contribution in [0.15, 0.2) is 58.4 Å². The van der Waals surface area contributed by atoms with Crippen molar-refractivity contribution in [2.24, 2.45) is 4.99 Å². The molecule has 1 aliphatic heterocycles. The maximum absolute atomic E-state index is 12.5. The first-order valence-corrected chi connectivity index (χ1v) is 11.7. The third-order valence-corrected chi connectivity index (χ3v) is 7.08. The number of benzene rings is 2. The number of rotatable bonds is 3. The molecule has 1 saturated heterocycles. The van der Waals surface area contributed by atoms with E-state index in [4.69, 9.17) is 23.2 Å². The molecule has 3 aromatic rings. The van der Waals surface area contributed by atoms with Crippen LogP contribution in [0.5, 0.6) is 0 Å². The van der Waals surface area contributed by atoms with Crippen LogP contribution in [0.25, 0.3) is 11.8 Å². The molecule has 2 aromatic carbocycles. The summed E-state index contributed by atoms with van der Waals surface area (Å²) in [4.78, 5) is 17.5. The number of nitrogens with one attached hydrogen (secondary N) is 1. The van der Waals surface area contributed by atoms with E-state index in [0.717, 1.165) is 22.6 Å². The van der Waals surface area contributed by atoms with Crippen molar-refractivity contribution in [3.63, 3.8) is 0 Å². The Morgan fingerprint density at radius 1 is 1.13 bits per heavy atom. The Bertz CT molecular complexity index is 1220. The maximum atomic E-state index is 12.5. The molecule has 4 nitrogen and oxygen atoms in total. The Labute approximate surface area is 202 Å². The standard InChI is InChI=1S/C22H16Cl2IN3OS/c1-12-10-14(13(2)28(12)16-8-6-15(25)7-9-16)11-19-21(29)27-22(30-19)26-18-5-3-4-17(23)20(18)24/h3-11H,1-2H3,(H,26,27,29)/b19-11-. The number of thioether (sulfide) groups is 1. The van der Waals surface area contributed by atoms with Gasteiger partial charge < -0.3 is 9.88 Å². The van der Waals surface area contributed by atoms with Crippen molar-refractivity contribution in [3.8, 4) is 5.69 Å². The van der Waals surface area contributed by atoms with Crippen LogP contribution in [0.1, 0.15) is 17.0 Å². The fourth-order valence-corrected chi connectivity index (χ4v) is 4.75. The van der Waals surface area contributed by atoms with Gasteiger partial charge in [-0.2, -0.15) is 0 Å². The number of aliphatic imine (C=N–C) groups is 1. The minimum atomic E-state index is -0.184. The Kier molecular flexibility index (Phi) is 6.29. The SMILES string of the molecule is Cc1cc(/C=C2\SC(=Nc3cccc(Cl)c3Cl)NC2=O)c(C)n1-c1ccc(I)cc1. The predicted molar refractivity (Wildman–Crippen MR) is 135 cm³/mol. The molecule has 8 heteroatoms. The number of aromatic nitrogens is 1. The lowest BCUT2D eigenvalue weighted by Gasteiger charge is -2.09. The van der Waals surface area contributed by atoms with Crippen LogP contribution < -0.4 is 5.32 Å². The molecule has 0 radical (unpaired) electrons. The normalized spacial score (nSPS) is 16.5. The van der Waals surface area contributed by atoms with Gasteiger partial charge in [-0.05, 0) is 102 Å². The van der Waals surface area contributed by atoms with E-state index in [-0.39, 0.29) is 5.91 Å². The smallest absolute Gasteiger partial charge is 0.264 e. The van der Waals surface area contributed by atoms with E-state index in [1.165, 1.54) is 15.3 Å². The summed E-state index contributed by atoms with van der Waals surface area (Å²) in [7, 11) is 0. The van der Waals surface area contributed by atoms with Gasteiger partial charge in [0.1, 0.15) is 0 Å². The summed E-state index contributed by atoms with van der Waals surface area (Å²) in [6.45, 7) is 4.11. The van der Waals surface area contributed by atoms with E-state index in [1.807, 2.05) is 6.08 Å². The zero-order chi connectivity index (χ0) is 21.4. The molecule has 0 saturated carbocycles.